The van der Waals surface area contributed by atoms with Gasteiger partial charge in [-0.25, -0.2) is 9.67 Å². The Hall–Kier alpha value is -2.82. The predicted molar refractivity (Wildman–Crippen MR) is 93.9 cm³/mol. The molecule has 2 heterocycles. The van der Waals surface area contributed by atoms with E-state index in [0.29, 0.717) is 5.95 Å². The van der Waals surface area contributed by atoms with Crippen molar-refractivity contribution in [2.75, 3.05) is 0 Å². The van der Waals surface area contributed by atoms with Gasteiger partial charge in [0.25, 0.3) is 5.95 Å². The van der Waals surface area contributed by atoms with Gasteiger partial charge in [0.15, 0.2) is 0 Å². The number of benzene rings is 2. The molecule has 1 atom stereocenters. The van der Waals surface area contributed by atoms with Crippen LogP contribution < -0.4 is 0 Å². The Morgan fingerprint density at radius 2 is 1.88 bits per heavy atom. The van der Waals surface area contributed by atoms with Gasteiger partial charge in [0.1, 0.15) is 0 Å². The summed E-state index contributed by atoms with van der Waals surface area (Å²) < 4.78 is 1.82. The summed E-state index contributed by atoms with van der Waals surface area (Å²) in [6.07, 6.45) is 0.782. The lowest BCUT2D eigenvalue weighted by Crippen LogP contribution is -2.21. The Morgan fingerprint density at radius 3 is 2.67 bits per heavy atom. The summed E-state index contributed by atoms with van der Waals surface area (Å²) in [5.74, 6) is 0.570. The van der Waals surface area contributed by atoms with Gasteiger partial charge >= 0.3 is 0 Å². The van der Waals surface area contributed by atoms with Crippen LogP contribution in [0.2, 0.25) is 0 Å². The van der Waals surface area contributed by atoms with E-state index in [1.807, 2.05) is 4.68 Å². The zero-order valence-electron chi connectivity index (χ0n) is 14.1. The minimum atomic E-state index is 0.0732. The van der Waals surface area contributed by atoms with Gasteiger partial charge in [0.2, 0.25) is 0 Å². The summed E-state index contributed by atoms with van der Waals surface area (Å²) in [6.45, 7) is 6.35. The monoisotopic (exact) mass is 317 g/mol. The molecule has 1 aliphatic rings. The quantitative estimate of drug-likeness (QED) is 0.724. The third-order valence-electron chi connectivity index (χ3n) is 4.66. The molecule has 0 aliphatic carbocycles. The van der Waals surface area contributed by atoms with E-state index in [9.17, 15) is 0 Å². The van der Waals surface area contributed by atoms with Gasteiger partial charge in [-0.1, -0.05) is 47.1 Å². The van der Waals surface area contributed by atoms with E-state index < -0.39 is 0 Å². The molecule has 1 aliphatic heterocycles. The van der Waals surface area contributed by atoms with Gasteiger partial charge < -0.3 is 0 Å². The molecule has 0 saturated heterocycles. The molecule has 0 fully saturated rings. The van der Waals surface area contributed by atoms with E-state index in [0.717, 1.165) is 17.7 Å². The second kappa shape index (κ2) is 5.67. The first-order valence-corrected chi connectivity index (χ1v) is 8.11. The Kier molecular flexibility index (Phi) is 3.49. The SMILES string of the molecule is Cc1cccc(C2CC(c3ccc(C)c(C)c3)=Nc3nnnn32)c1. The number of hydrogen-bond acceptors (Lipinski definition) is 4. The lowest BCUT2D eigenvalue weighted by atomic mass is 9.94. The maximum absolute atomic E-state index is 4.69. The number of aliphatic imine (C=N–C) groups is 1. The molecule has 24 heavy (non-hydrogen) atoms. The fourth-order valence-corrected chi connectivity index (χ4v) is 3.14. The largest absolute Gasteiger partial charge is 0.269 e. The van der Waals surface area contributed by atoms with Crippen LogP contribution >= 0.6 is 0 Å². The van der Waals surface area contributed by atoms with Crippen LogP contribution in [0.3, 0.4) is 0 Å². The lowest BCUT2D eigenvalue weighted by Gasteiger charge is -2.23. The van der Waals surface area contributed by atoms with Crippen LogP contribution in [-0.2, 0) is 0 Å². The van der Waals surface area contributed by atoms with E-state index in [2.05, 4.69) is 83.8 Å². The number of rotatable bonds is 2. The number of tetrazole rings is 1. The fourth-order valence-electron chi connectivity index (χ4n) is 3.14. The van der Waals surface area contributed by atoms with Gasteiger partial charge in [0.05, 0.1) is 11.8 Å². The van der Waals surface area contributed by atoms with Crippen molar-refractivity contribution in [1.29, 1.82) is 0 Å². The van der Waals surface area contributed by atoms with E-state index in [1.165, 1.54) is 22.3 Å². The first-order valence-electron chi connectivity index (χ1n) is 8.11. The van der Waals surface area contributed by atoms with Crippen molar-refractivity contribution in [1.82, 2.24) is 20.2 Å². The van der Waals surface area contributed by atoms with Crippen molar-refractivity contribution in [3.8, 4) is 0 Å². The summed E-state index contributed by atoms with van der Waals surface area (Å²) in [5, 5.41) is 12.1. The minimum absolute atomic E-state index is 0.0732. The molecule has 0 saturated carbocycles. The number of aromatic nitrogens is 4. The molecule has 0 bridgehead atoms. The second-order valence-electron chi connectivity index (χ2n) is 6.42. The molecule has 0 N–H and O–H groups in total. The smallest absolute Gasteiger partial charge is 0.214 e. The molecule has 1 aromatic heterocycles. The molecule has 3 aromatic rings. The van der Waals surface area contributed by atoms with E-state index in [1.54, 1.807) is 0 Å². The molecule has 0 amide bonds. The Balaban J connectivity index is 1.80. The molecule has 0 spiro atoms. The molecule has 1 unspecified atom stereocenters. The van der Waals surface area contributed by atoms with Crippen molar-refractivity contribution in [2.24, 2.45) is 4.99 Å². The lowest BCUT2D eigenvalue weighted by molar-refractivity contribution is 0.514. The third-order valence-corrected chi connectivity index (χ3v) is 4.66. The molecule has 2 aromatic carbocycles. The summed E-state index contributed by atoms with van der Waals surface area (Å²) >= 11 is 0. The number of hydrogen-bond donors (Lipinski definition) is 0. The average Bonchev–Trinajstić information content (AvgIpc) is 3.05. The highest BCUT2D eigenvalue weighted by molar-refractivity contribution is 6.03. The van der Waals surface area contributed by atoms with Gasteiger partial charge in [-0.3, -0.25) is 0 Å². The van der Waals surface area contributed by atoms with Crippen molar-refractivity contribution in [3.63, 3.8) is 0 Å². The topological polar surface area (TPSA) is 56.0 Å². The van der Waals surface area contributed by atoms with Crippen molar-refractivity contribution in [2.45, 2.75) is 33.2 Å². The van der Waals surface area contributed by atoms with Crippen LogP contribution in [0.4, 0.5) is 5.95 Å². The maximum Gasteiger partial charge on any atom is 0.269 e. The molecule has 0 radical (unpaired) electrons. The van der Waals surface area contributed by atoms with Crippen LogP contribution in [0.1, 0.15) is 40.3 Å². The Bertz CT molecular complexity index is 938. The summed E-state index contributed by atoms with van der Waals surface area (Å²) in [6, 6.07) is 15.1. The van der Waals surface area contributed by atoms with Crippen LogP contribution in [0.25, 0.3) is 0 Å². The second-order valence-corrected chi connectivity index (χ2v) is 6.42. The van der Waals surface area contributed by atoms with Gasteiger partial charge in [-0.2, -0.15) is 0 Å². The molecule has 5 heteroatoms. The van der Waals surface area contributed by atoms with E-state index >= 15 is 0 Å². The summed E-state index contributed by atoms with van der Waals surface area (Å²) in [4.78, 5) is 4.69. The van der Waals surface area contributed by atoms with E-state index in [4.69, 9.17) is 0 Å². The molecule has 5 nitrogen and oxygen atoms in total. The molecule has 120 valence electrons. The van der Waals surface area contributed by atoms with Crippen molar-refractivity contribution >= 4 is 11.7 Å². The van der Waals surface area contributed by atoms with Crippen molar-refractivity contribution in [3.05, 3.63) is 70.3 Å². The first-order chi connectivity index (χ1) is 11.6. The minimum Gasteiger partial charge on any atom is -0.214 e. The Labute approximate surface area is 141 Å². The van der Waals surface area contributed by atoms with E-state index in [-0.39, 0.29) is 6.04 Å². The van der Waals surface area contributed by atoms with Gasteiger partial charge in [-0.05, 0) is 59.5 Å². The standard InChI is InChI=1S/C19H19N5/c1-12-5-4-6-16(9-12)18-11-17(20-19-21-22-23-24(18)19)15-8-7-13(2)14(3)10-15/h4-10,18H,11H2,1-3H3. The average molecular weight is 317 g/mol. The Morgan fingerprint density at radius 1 is 1.00 bits per heavy atom. The van der Waals surface area contributed by atoms with Gasteiger partial charge in [0, 0.05) is 6.42 Å². The number of aryl methyl sites for hydroxylation is 3. The van der Waals surface area contributed by atoms with Gasteiger partial charge in [-0.15, -0.1) is 0 Å². The number of nitrogens with zero attached hydrogens (tertiary/aromatic N) is 5. The highest BCUT2D eigenvalue weighted by atomic mass is 15.6. The predicted octanol–water partition coefficient (Wildman–Crippen LogP) is 3.71. The molecular weight excluding hydrogens is 298 g/mol. The first kappa shape index (κ1) is 14.8. The van der Waals surface area contributed by atoms with Crippen LogP contribution in [0.5, 0.6) is 0 Å². The zero-order valence-corrected chi connectivity index (χ0v) is 14.1. The molecule has 4 rings (SSSR count). The van der Waals surface area contributed by atoms with Crippen molar-refractivity contribution < 1.29 is 0 Å². The summed E-state index contributed by atoms with van der Waals surface area (Å²) in [5.41, 5.74) is 7.18. The van der Waals surface area contributed by atoms with Crippen LogP contribution in [0, 0.1) is 20.8 Å². The highest BCUT2D eigenvalue weighted by Crippen LogP contribution is 2.32. The third kappa shape index (κ3) is 2.52. The molecular formula is C19H19N5. The number of fused-ring (bicyclic) bond motifs is 1. The maximum atomic E-state index is 4.69. The van der Waals surface area contributed by atoms with Crippen LogP contribution in [-0.4, -0.2) is 25.9 Å². The fraction of sp³-hybridized carbons (Fsp3) is 0.263. The summed E-state index contributed by atoms with van der Waals surface area (Å²) in [7, 11) is 0. The normalized spacial score (nSPS) is 16.6. The highest BCUT2D eigenvalue weighted by Gasteiger charge is 2.27. The van der Waals surface area contributed by atoms with Crippen LogP contribution in [0.15, 0.2) is 47.5 Å². The zero-order chi connectivity index (χ0) is 16.7.